The molecule has 0 aliphatic rings. The second kappa shape index (κ2) is 5.32. The van der Waals surface area contributed by atoms with Crippen LogP contribution in [0, 0.1) is 13.8 Å². The summed E-state index contributed by atoms with van der Waals surface area (Å²) in [7, 11) is 0. The average Bonchev–Trinajstić information content (AvgIpc) is 3.14. The first-order valence-electron chi connectivity index (χ1n) is 6.54. The zero-order valence-electron chi connectivity index (χ0n) is 11.9. The highest BCUT2D eigenvalue weighted by Gasteiger charge is 2.18. The van der Waals surface area contributed by atoms with Gasteiger partial charge in [0.15, 0.2) is 0 Å². The van der Waals surface area contributed by atoms with E-state index in [1.54, 1.807) is 38.2 Å². The minimum Gasteiger partial charge on any atom is -0.357 e. The molecule has 3 heterocycles. The summed E-state index contributed by atoms with van der Waals surface area (Å²) in [6.45, 7) is 3.46. The molecule has 22 heavy (non-hydrogen) atoms. The SMILES string of the molecule is Cc1cc(C(=O)NNC(=O)c2ccc[nH]2)c2c(C)noc2n1. The largest absolute Gasteiger partial charge is 0.357 e. The number of hydrazine groups is 1. The number of aryl methyl sites for hydroxylation is 2. The molecule has 3 aromatic rings. The van der Waals surface area contributed by atoms with Crippen LogP contribution in [0.2, 0.25) is 0 Å². The predicted octanol–water partition coefficient (Wildman–Crippen LogP) is 1.24. The van der Waals surface area contributed by atoms with Crippen LogP contribution in [-0.4, -0.2) is 26.9 Å². The maximum Gasteiger partial charge on any atom is 0.286 e. The lowest BCUT2D eigenvalue weighted by Gasteiger charge is -2.07. The summed E-state index contributed by atoms with van der Waals surface area (Å²) >= 11 is 0. The van der Waals surface area contributed by atoms with E-state index in [4.69, 9.17) is 4.52 Å². The summed E-state index contributed by atoms with van der Waals surface area (Å²) in [5.74, 6) is -0.913. The highest BCUT2D eigenvalue weighted by molar-refractivity contribution is 6.07. The van der Waals surface area contributed by atoms with Gasteiger partial charge in [-0.25, -0.2) is 4.98 Å². The molecule has 3 N–H and O–H groups in total. The minimum absolute atomic E-state index is 0.290. The monoisotopic (exact) mass is 299 g/mol. The van der Waals surface area contributed by atoms with Gasteiger partial charge >= 0.3 is 0 Å². The molecule has 8 nitrogen and oxygen atoms in total. The summed E-state index contributed by atoms with van der Waals surface area (Å²) in [5, 5.41) is 4.33. The first-order chi connectivity index (χ1) is 10.6. The number of fused-ring (bicyclic) bond motifs is 1. The lowest BCUT2D eigenvalue weighted by Crippen LogP contribution is -2.41. The Morgan fingerprint density at radius 3 is 2.73 bits per heavy atom. The van der Waals surface area contributed by atoms with Crippen molar-refractivity contribution in [3.63, 3.8) is 0 Å². The Balaban J connectivity index is 1.83. The lowest BCUT2D eigenvalue weighted by molar-refractivity contribution is 0.0845. The quantitative estimate of drug-likeness (QED) is 0.616. The Morgan fingerprint density at radius 1 is 1.23 bits per heavy atom. The number of hydrogen-bond acceptors (Lipinski definition) is 5. The summed E-state index contributed by atoms with van der Waals surface area (Å²) in [4.78, 5) is 31.0. The van der Waals surface area contributed by atoms with Crippen LogP contribution in [0.5, 0.6) is 0 Å². The van der Waals surface area contributed by atoms with Crippen LogP contribution in [0.15, 0.2) is 28.9 Å². The highest BCUT2D eigenvalue weighted by Crippen LogP contribution is 2.21. The molecule has 0 radical (unpaired) electrons. The minimum atomic E-state index is -0.471. The van der Waals surface area contributed by atoms with Gasteiger partial charge in [-0.05, 0) is 32.0 Å². The van der Waals surface area contributed by atoms with Gasteiger partial charge in [0.05, 0.1) is 16.6 Å². The van der Waals surface area contributed by atoms with Gasteiger partial charge in [0, 0.05) is 11.9 Å². The van der Waals surface area contributed by atoms with Gasteiger partial charge < -0.3 is 9.51 Å². The molecule has 0 atom stereocenters. The van der Waals surface area contributed by atoms with E-state index in [-0.39, 0.29) is 0 Å². The van der Waals surface area contributed by atoms with Gasteiger partial charge in [0.25, 0.3) is 17.5 Å². The number of rotatable bonds is 2. The molecule has 8 heteroatoms. The molecule has 0 aliphatic carbocycles. The molecule has 0 saturated carbocycles. The Morgan fingerprint density at radius 2 is 2.00 bits per heavy atom. The molecule has 0 saturated heterocycles. The molecule has 3 rings (SSSR count). The Labute approximate surface area is 124 Å². The number of carbonyl (C=O) groups excluding carboxylic acids is 2. The zero-order valence-corrected chi connectivity index (χ0v) is 11.9. The van der Waals surface area contributed by atoms with E-state index >= 15 is 0 Å². The molecular weight excluding hydrogens is 286 g/mol. The smallest absolute Gasteiger partial charge is 0.286 e. The van der Waals surface area contributed by atoms with Crippen LogP contribution in [-0.2, 0) is 0 Å². The van der Waals surface area contributed by atoms with Crippen molar-refractivity contribution in [3.05, 3.63) is 47.0 Å². The van der Waals surface area contributed by atoms with Gasteiger partial charge in [-0.2, -0.15) is 0 Å². The molecule has 0 fully saturated rings. The van der Waals surface area contributed by atoms with Crippen molar-refractivity contribution in [3.8, 4) is 0 Å². The number of amides is 2. The summed E-state index contributed by atoms with van der Waals surface area (Å²) in [6, 6.07) is 4.90. The third kappa shape index (κ3) is 2.41. The number of pyridine rings is 1. The third-order valence-corrected chi connectivity index (χ3v) is 3.12. The van der Waals surface area contributed by atoms with Crippen LogP contribution < -0.4 is 10.9 Å². The van der Waals surface area contributed by atoms with Crippen LogP contribution >= 0.6 is 0 Å². The van der Waals surface area contributed by atoms with Crippen molar-refractivity contribution in [2.75, 3.05) is 0 Å². The number of nitrogens with zero attached hydrogens (tertiary/aromatic N) is 2. The number of nitrogens with one attached hydrogen (secondary N) is 3. The zero-order chi connectivity index (χ0) is 15.7. The normalized spacial score (nSPS) is 10.6. The first kappa shape index (κ1) is 13.8. The fraction of sp³-hybridized carbons (Fsp3) is 0.143. The van der Waals surface area contributed by atoms with Crippen molar-refractivity contribution >= 4 is 22.9 Å². The Hall–Kier alpha value is -3.16. The number of hydrogen-bond donors (Lipinski definition) is 3. The standard InChI is InChI=1S/C14H13N5O3/c1-7-6-9(11-8(2)19-22-14(11)16-7)12(20)17-18-13(21)10-4-3-5-15-10/h3-6,15H,1-2H3,(H,17,20)(H,18,21). The second-order valence-electron chi connectivity index (χ2n) is 4.75. The molecule has 3 aromatic heterocycles. The number of aromatic nitrogens is 3. The van der Waals surface area contributed by atoms with E-state index in [1.165, 1.54) is 0 Å². The summed E-state index contributed by atoms with van der Waals surface area (Å²) in [6.07, 6.45) is 1.62. The molecule has 0 aliphatic heterocycles. The van der Waals surface area contributed by atoms with Crippen molar-refractivity contribution in [2.45, 2.75) is 13.8 Å². The van der Waals surface area contributed by atoms with Gasteiger partial charge in [-0.3, -0.25) is 20.4 Å². The highest BCUT2D eigenvalue weighted by atomic mass is 16.5. The van der Waals surface area contributed by atoms with Crippen molar-refractivity contribution < 1.29 is 14.1 Å². The van der Waals surface area contributed by atoms with E-state index in [0.717, 1.165) is 0 Å². The fourth-order valence-electron chi connectivity index (χ4n) is 2.12. The lowest BCUT2D eigenvalue weighted by atomic mass is 10.1. The summed E-state index contributed by atoms with van der Waals surface area (Å²) in [5.41, 5.74) is 6.86. The Kier molecular flexibility index (Phi) is 3.34. The molecule has 0 aromatic carbocycles. The predicted molar refractivity (Wildman–Crippen MR) is 77.0 cm³/mol. The van der Waals surface area contributed by atoms with Crippen LogP contribution in [0.25, 0.3) is 11.1 Å². The van der Waals surface area contributed by atoms with Crippen LogP contribution in [0.1, 0.15) is 32.2 Å². The molecule has 2 amide bonds. The third-order valence-electron chi connectivity index (χ3n) is 3.12. The molecule has 0 spiro atoms. The van der Waals surface area contributed by atoms with Gasteiger partial charge in [-0.1, -0.05) is 5.16 Å². The van der Waals surface area contributed by atoms with E-state index in [9.17, 15) is 9.59 Å². The van der Waals surface area contributed by atoms with Gasteiger partial charge in [0.2, 0.25) is 0 Å². The topological polar surface area (TPSA) is 113 Å². The van der Waals surface area contributed by atoms with E-state index in [2.05, 4.69) is 26.0 Å². The number of carbonyl (C=O) groups is 2. The van der Waals surface area contributed by atoms with Gasteiger partial charge in [0.1, 0.15) is 5.69 Å². The van der Waals surface area contributed by atoms with E-state index < -0.39 is 11.8 Å². The fourth-order valence-corrected chi connectivity index (χ4v) is 2.12. The van der Waals surface area contributed by atoms with E-state index in [1.807, 2.05) is 0 Å². The van der Waals surface area contributed by atoms with Crippen LogP contribution in [0.4, 0.5) is 0 Å². The molecule has 0 unspecified atom stereocenters. The Bertz CT molecular complexity index is 851. The van der Waals surface area contributed by atoms with Crippen molar-refractivity contribution in [2.24, 2.45) is 0 Å². The molecule has 112 valence electrons. The molecular formula is C14H13N5O3. The van der Waals surface area contributed by atoms with Crippen molar-refractivity contribution in [1.29, 1.82) is 0 Å². The average molecular weight is 299 g/mol. The molecule has 0 bridgehead atoms. The number of H-pyrrole nitrogens is 1. The maximum atomic E-state index is 12.3. The van der Waals surface area contributed by atoms with Gasteiger partial charge in [-0.15, -0.1) is 0 Å². The van der Waals surface area contributed by atoms with Crippen molar-refractivity contribution in [1.82, 2.24) is 26.0 Å². The maximum absolute atomic E-state index is 12.3. The van der Waals surface area contributed by atoms with E-state index in [0.29, 0.717) is 33.7 Å². The summed E-state index contributed by atoms with van der Waals surface area (Å²) < 4.78 is 5.07. The first-order valence-corrected chi connectivity index (χ1v) is 6.54. The van der Waals surface area contributed by atoms with Crippen LogP contribution in [0.3, 0.4) is 0 Å². The second-order valence-corrected chi connectivity index (χ2v) is 4.75. The number of aromatic amines is 1.